The number of halogens is 1. The highest BCUT2D eigenvalue weighted by Gasteiger charge is 2.28. The third-order valence-electron chi connectivity index (χ3n) is 4.99. The van der Waals surface area contributed by atoms with Crippen LogP contribution < -0.4 is 10.1 Å². The number of methoxy groups -OCH3 is 1. The second kappa shape index (κ2) is 7.92. The number of ether oxygens (including phenoxy) is 2. The topological polar surface area (TPSA) is 93.6 Å². The van der Waals surface area contributed by atoms with Gasteiger partial charge in [-0.1, -0.05) is 0 Å². The molecule has 4 rings (SSSR count). The zero-order valence-corrected chi connectivity index (χ0v) is 16.8. The highest BCUT2D eigenvalue weighted by Crippen LogP contribution is 2.37. The number of nitrogens with one attached hydrogen (secondary N) is 1. The van der Waals surface area contributed by atoms with E-state index in [1.54, 1.807) is 13.0 Å². The standard InChI is InChI=1S/C20H20FN3O4S/c1-10-16-18(22-9-23-19(16)29-17(10)20(26)27-2)24-12-7-6-11(21)8-15(12)28-14-5-3-4-13(14)25/h6-9,13-14,25H,3-5H2,1-2H3,(H,22,23,24)/t13-,14+/m0/s1. The SMILES string of the molecule is COC(=O)c1sc2ncnc(Nc3ccc(F)cc3O[C@@H]3CCC[C@@H]3O)c2c1C. The molecule has 152 valence electrons. The number of anilines is 2. The fourth-order valence-corrected chi connectivity index (χ4v) is 4.55. The van der Waals surface area contributed by atoms with Gasteiger partial charge in [-0.2, -0.15) is 0 Å². The zero-order chi connectivity index (χ0) is 20.5. The number of esters is 1. The number of aliphatic hydroxyl groups is 1. The smallest absolute Gasteiger partial charge is 0.348 e. The van der Waals surface area contributed by atoms with Gasteiger partial charge in [0.05, 0.1) is 24.3 Å². The predicted octanol–water partition coefficient (Wildman–Crippen LogP) is 3.96. The van der Waals surface area contributed by atoms with E-state index in [0.717, 1.165) is 6.42 Å². The average Bonchev–Trinajstić information content (AvgIpc) is 3.27. The first kappa shape index (κ1) is 19.5. The van der Waals surface area contributed by atoms with E-state index >= 15 is 0 Å². The van der Waals surface area contributed by atoms with Crippen LogP contribution in [0.25, 0.3) is 10.2 Å². The molecule has 0 spiro atoms. The van der Waals surface area contributed by atoms with Crippen molar-refractivity contribution in [2.75, 3.05) is 12.4 Å². The zero-order valence-electron chi connectivity index (χ0n) is 15.9. The van der Waals surface area contributed by atoms with Gasteiger partial charge in [-0.25, -0.2) is 19.2 Å². The Bertz CT molecular complexity index is 1070. The first-order valence-corrected chi connectivity index (χ1v) is 10.0. The number of fused-ring (bicyclic) bond motifs is 1. The van der Waals surface area contributed by atoms with Gasteiger partial charge in [0.15, 0.2) is 0 Å². The number of aryl methyl sites for hydroxylation is 1. The molecule has 2 N–H and O–H groups in total. The van der Waals surface area contributed by atoms with Gasteiger partial charge in [-0.15, -0.1) is 11.3 Å². The Balaban J connectivity index is 1.72. The van der Waals surface area contributed by atoms with Crippen LogP contribution in [0.1, 0.15) is 34.5 Å². The maximum Gasteiger partial charge on any atom is 0.348 e. The lowest BCUT2D eigenvalue weighted by Crippen LogP contribution is -2.26. The van der Waals surface area contributed by atoms with E-state index in [1.807, 2.05) is 0 Å². The van der Waals surface area contributed by atoms with Crippen molar-refractivity contribution >= 4 is 39.0 Å². The lowest BCUT2D eigenvalue weighted by atomic mass is 10.2. The molecule has 1 aromatic carbocycles. The van der Waals surface area contributed by atoms with Gasteiger partial charge in [0.1, 0.15) is 39.5 Å². The van der Waals surface area contributed by atoms with Crippen LogP contribution in [0.4, 0.5) is 15.9 Å². The number of rotatable bonds is 5. The number of aromatic nitrogens is 2. The van der Waals surface area contributed by atoms with Crippen molar-refractivity contribution in [1.82, 2.24) is 9.97 Å². The lowest BCUT2D eigenvalue weighted by Gasteiger charge is -2.20. The summed E-state index contributed by atoms with van der Waals surface area (Å²) in [5, 5.41) is 13.9. The Labute approximate surface area is 170 Å². The second-order valence-corrected chi connectivity index (χ2v) is 7.87. The summed E-state index contributed by atoms with van der Waals surface area (Å²) >= 11 is 1.22. The summed E-state index contributed by atoms with van der Waals surface area (Å²) in [7, 11) is 1.33. The number of aliphatic hydroxyl groups excluding tert-OH is 1. The van der Waals surface area contributed by atoms with Crippen LogP contribution in [-0.2, 0) is 4.74 Å². The van der Waals surface area contributed by atoms with Crippen LogP contribution in [0.2, 0.25) is 0 Å². The monoisotopic (exact) mass is 417 g/mol. The molecule has 0 bridgehead atoms. The van der Waals surface area contributed by atoms with E-state index in [4.69, 9.17) is 9.47 Å². The minimum atomic E-state index is -0.571. The molecule has 2 aromatic heterocycles. The van der Waals surface area contributed by atoms with Crippen LogP contribution in [0, 0.1) is 12.7 Å². The maximum atomic E-state index is 13.9. The van der Waals surface area contributed by atoms with Crippen LogP contribution >= 0.6 is 11.3 Å². The molecular weight excluding hydrogens is 397 g/mol. The minimum Gasteiger partial charge on any atom is -0.485 e. The molecule has 1 fully saturated rings. The van der Waals surface area contributed by atoms with Crippen LogP contribution in [0.5, 0.6) is 5.75 Å². The number of carbonyl (C=O) groups is 1. The Kier molecular flexibility index (Phi) is 5.33. The van der Waals surface area contributed by atoms with Crippen molar-refractivity contribution in [3.8, 4) is 5.75 Å². The summed E-state index contributed by atoms with van der Waals surface area (Å²) in [6.07, 6.45) is 2.68. The van der Waals surface area contributed by atoms with Gasteiger partial charge in [0, 0.05) is 6.07 Å². The van der Waals surface area contributed by atoms with Gasteiger partial charge in [0.25, 0.3) is 0 Å². The summed E-state index contributed by atoms with van der Waals surface area (Å²) in [6, 6.07) is 4.16. The number of carbonyl (C=O) groups excluding carboxylic acids is 1. The molecule has 1 saturated carbocycles. The number of benzene rings is 1. The molecule has 0 saturated heterocycles. The van der Waals surface area contributed by atoms with Gasteiger partial charge >= 0.3 is 5.97 Å². The van der Waals surface area contributed by atoms with Gasteiger partial charge < -0.3 is 19.9 Å². The Morgan fingerprint density at radius 1 is 1.34 bits per heavy atom. The van der Waals surface area contributed by atoms with E-state index in [1.165, 1.54) is 36.9 Å². The molecule has 0 radical (unpaired) electrons. The van der Waals surface area contributed by atoms with E-state index < -0.39 is 17.9 Å². The highest BCUT2D eigenvalue weighted by atomic mass is 32.1. The van der Waals surface area contributed by atoms with Crippen LogP contribution in [0.3, 0.4) is 0 Å². The molecule has 1 aliphatic rings. The molecule has 0 amide bonds. The molecule has 9 heteroatoms. The number of hydrogen-bond acceptors (Lipinski definition) is 8. The highest BCUT2D eigenvalue weighted by molar-refractivity contribution is 7.20. The fraction of sp³-hybridized carbons (Fsp3) is 0.350. The van der Waals surface area contributed by atoms with E-state index in [-0.39, 0.29) is 6.10 Å². The van der Waals surface area contributed by atoms with Crippen LogP contribution in [0.15, 0.2) is 24.5 Å². The second-order valence-electron chi connectivity index (χ2n) is 6.87. The Hall–Kier alpha value is -2.78. The minimum absolute atomic E-state index is 0.295. The molecular formula is C20H20FN3O4S. The Morgan fingerprint density at radius 3 is 2.90 bits per heavy atom. The molecule has 3 aromatic rings. The molecule has 1 aliphatic carbocycles. The van der Waals surface area contributed by atoms with Crippen molar-refractivity contribution < 1.29 is 23.8 Å². The summed E-state index contributed by atoms with van der Waals surface area (Å²) in [6.45, 7) is 1.80. The fourth-order valence-electron chi connectivity index (χ4n) is 3.49. The number of hydrogen-bond donors (Lipinski definition) is 2. The van der Waals surface area contributed by atoms with Gasteiger partial charge in [-0.05, 0) is 43.9 Å². The molecule has 29 heavy (non-hydrogen) atoms. The molecule has 2 heterocycles. The largest absolute Gasteiger partial charge is 0.485 e. The van der Waals surface area contributed by atoms with Crippen LogP contribution in [-0.4, -0.2) is 40.4 Å². The first-order chi connectivity index (χ1) is 14.0. The normalized spacial score (nSPS) is 18.8. The summed E-state index contributed by atoms with van der Waals surface area (Å²) < 4.78 is 24.6. The van der Waals surface area contributed by atoms with E-state index in [2.05, 4.69) is 15.3 Å². The Morgan fingerprint density at radius 2 is 2.17 bits per heavy atom. The predicted molar refractivity (Wildman–Crippen MR) is 107 cm³/mol. The third-order valence-corrected chi connectivity index (χ3v) is 6.17. The van der Waals surface area contributed by atoms with Crippen molar-refractivity contribution in [1.29, 1.82) is 0 Å². The van der Waals surface area contributed by atoms with Crippen molar-refractivity contribution in [2.45, 2.75) is 38.4 Å². The first-order valence-electron chi connectivity index (χ1n) is 9.21. The quantitative estimate of drug-likeness (QED) is 0.607. The number of nitrogens with zero attached hydrogens (tertiary/aromatic N) is 2. The lowest BCUT2D eigenvalue weighted by molar-refractivity contribution is 0.0605. The molecule has 0 unspecified atom stereocenters. The third kappa shape index (κ3) is 3.75. The van der Waals surface area contributed by atoms with Gasteiger partial charge in [0.2, 0.25) is 0 Å². The van der Waals surface area contributed by atoms with Crippen molar-refractivity contribution in [3.63, 3.8) is 0 Å². The van der Waals surface area contributed by atoms with Crippen molar-refractivity contribution in [2.24, 2.45) is 0 Å². The maximum absolute atomic E-state index is 13.9. The molecule has 2 atom stereocenters. The van der Waals surface area contributed by atoms with Gasteiger partial charge in [-0.3, -0.25) is 0 Å². The van der Waals surface area contributed by atoms with E-state index in [0.29, 0.717) is 50.8 Å². The van der Waals surface area contributed by atoms with Crippen molar-refractivity contribution in [3.05, 3.63) is 40.8 Å². The average molecular weight is 417 g/mol. The molecule has 0 aliphatic heterocycles. The molecule has 7 nitrogen and oxygen atoms in total. The summed E-state index contributed by atoms with van der Waals surface area (Å²) in [5.74, 6) is -0.103. The summed E-state index contributed by atoms with van der Waals surface area (Å²) in [5.41, 5.74) is 1.21. The summed E-state index contributed by atoms with van der Waals surface area (Å²) in [4.78, 5) is 21.7. The van der Waals surface area contributed by atoms with E-state index in [9.17, 15) is 14.3 Å². The number of thiophene rings is 1.